The summed E-state index contributed by atoms with van der Waals surface area (Å²) in [4.78, 5) is 12.4. The van der Waals surface area contributed by atoms with Crippen LogP contribution in [0, 0.1) is 5.92 Å². The predicted molar refractivity (Wildman–Crippen MR) is 102 cm³/mol. The van der Waals surface area contributed by atoms with Gasteiger partial charge in [-0.05, 0) is 43.2 Å². The van der Waals surface area contributed by atoms with Gasteiger partial charge in [-0.15, -0.1) is 23.5 Å². The van der Waals surface area contributed by atoms with Gasteiger partial charge in [0.25, 0.3) is 0 Å². The SMILES string of the molecule is CSC(=CC(=O)C1CC1c1cc2cc(Br)ccc2n1C)SC. The van der Waals surface area contributed by atoms with Gasteiger partial charge in [-0.2, -0.15) is 0 Å². The fourth-order valence-corrected chi connectivity index (χ4v) is 4.47. The van der Waals surface area contributed by atoms with Gasteiger partial charge in [0.05, 0.1) is 0 Å². The van der Waals surface area contributed by atoms with E-state index < -0.39 is 0 Å². The van der Waals surface area contributed by atoms with Crippen LogP contribution in [0.25, 0.3) is 10.9 Å². The molecule has 22 heavy (non-hydrogen) atoms. The predicted octanol–water partition coefficient (Wildman–Crippen LogP) is 5.18. The molecule has 5 heteroatoms. The van der Waals surface area contributed by atoms with Gasteiger partial charge < -0.3 is 4.57 Å². The molecule has 1 saturated carbocycles. The van der Waals surface area contributed by atoms with Crippen molar-refractivity contribution in [2.75, 3.05) is 12.5 Å². The van der Waals surface area contributed by atoms with Crippen molar-refractivity contribution in [2.24, 2.45) is 13.0 Å². The number of thioether (sulfide) groups is 2. The zero-order valence-corrected chi connectivity index (χ0v) is 16.0. The highest BCUT2D eigenvalue weighted by molar-refractivity contribution is 9.10. The Labute approximate surface area is 147 Å². The van der Waals surface area contributed by atoms with E-state index in [9.17, 15) is 4.79 Å². The van der Waals surface area contributed by atoms with Gasteiger partial charge in [0, 0.05) is 50.3 Å². The lowest BCUT2D eigenvalue weighted by Gasteiger charge is -2.03. The van der Waals surface area contributed by atoms with E-state index >= 15 is 0 Å². The first-order valence-corrected chi connectivity index (χ1v) is 10.4. The number of ketones is 1. The standard InChI is InChI=1S/C17H18BrNOS2/c1-19-14-5-4-11(18)6-10(14)7-15(19)12-8-13(12)16(20)9-17(21-2)22-3/h4-7,9,12-13H,8H2,1-3H3. The number of aromatic nitrogens is 1. The van der Waals surface area contributed by atoms with E-state index in [0.717, 1.165) is 15.1 Å². The van der Waals surface area contributed by atoms with Crippen molar-refractivity contribution in [1.29, 1.82) is 0 Å². The van der Waals surface area contributed by atoms with Crippen LogP contribution in [0.3, 0.4) is 0 Å². The number of rotatable bonds is 5. The summed E-state index contributed by atoms with van der Waals surface area (Å²) < 4.78 is 4.41. The smallest absolute Gasteiger partial charge is 0.161 e. The molecule has 0 aliphatic heterocycles. The van der Waals surface area contributed by atoms with Gasteiger partial charge in [0.2, 0.25) is 0 Å². The minimum absolute atomic E-state index is 0.153. The van der Waals surface area contributed by atoms with E-state index in [0.29, 0.717) is 5.92 Å². The largest absolute Gasteiger partial charge is 0.347 e. The Morgan fingerprint density at radius 2 is 2.05 bits per heavy atom. The zero-order chi connectivity index (χ0) is 15.9. The van der Waals surface area contributed by atoms with Crippen LogP contribution in [0.5, 0.6) is 0 Å². The second-order valence-electron chi connectivity index (χ2n) is 5.55. The average molecular weight is 396 g/mol. The Hall–Kier alpha value is -0.650. The lowest BCUT2D eigenvalue weighted by atomic mass is 10.1. The van der Waals surface area contributed by atoms with E-state index in [-0.39, 0.29) is 11.7 Å². The first-order chi connectivity index (χ1) is 10.5. The van der Waals surface area contributed by atoms with E-state index in [1.165, 1.54) is 16.6 Å². The fourth-order valence-electron chi connectivity index (χ4n) is 2.96. The summed E-state index contributed by atoms with van der Waals surface area (Å²) in [6.07, 6.45) is 6.82. The van der Waals surface area contributed by atoms with E-state index in [1.807, 2.05) is 18.6 Å². The number of hydrogen-bond acceptors (Lipinski definition) is 3. The van der Waals surface area contributed by atoms with Gasteiger partial charge in [0.1, 0.15) is 0 Å². The number of carbonyl (C=O) groups is 1. The molecule has 3 rings (SSSR count). The fraction of sp³-hybridized carbons (Fsp3) is 0.353. The Kier molecular flexibility index (Phi) is 4.76. The Bertz CT molecular complexity index is 759. The van der Waals surface area contributed by atoms with Crippen LogP contribution < -0.4 is 0 Å². The van der Waals surface area contributed by atoms with Crippen LogP contribution in [0.4, 0.5) is 0 Å². The van der Waals surface area contributed by atoms with Crippen molar-refractivity contribution in [2.45, 2.75) is 12.3 Å². The molecule has 2 unspecified atom stereocenters. The van der Waals surface area contributed by atoms with Gasteiger partial charge in [0.15, 0.2) is 5.78 Å². The maximum Gasteiger partial charge on any atom is 0.161 e. The van der Waals surface area contributed by atoms with Crippen molar-refractivity contribution in [3.63, 3.8) is 0 Å². The van der Waals surface area contributed by atoms with Gasteiger partial charge in [-0.1, -0.05) is 15.9 Å². The molecule has 2 atom stereocenters. The Balaban J connectivity index is 1.84. The maximum atomic E-state index is 12.4. The maximum absolute atomic E-state index is 12.4. The molecule has 1 aromatic carbocycles. The number of benzene rings is 1. The molecule has 0 radical (unpaired) electrons. The lowest BCUT2D eigenvalue weighted by Crippen LogP contribution is -2.01. The average Bonchev–Trinajstić information content (AvgIpc) is 3.24. The quantitative estimate of drug-likeness (QED) is 0.650. The van der Waals surface area contributed by atoms with Crippen LogP contribution in [0.1, 0.15) is 18.0 Å². The van der Waals surface area contributed by atoms with Crippen LogP contribution in [0.15, 0.2) is 39.1 Å². The molecule has 0 amide bonds. The minimum atomic E-state index is 0.153. The topological polar surface area (TPSA) is 22.0 Å². The minimum Gasteiger partial charge on any atom is -0.347 e. The van der Waals surface area contributed by atoms with E-state index in [4.69, 9.17) is 0 Å². The molecule has 116 valence electrons. The molecular weight excluding hydrogens is 378 g/mol. The summed E-state index contributed by atoms with van der Waals surface area (Å²) in [6.45, 7) is 0. The highest BCUT2D eigenvalue weighted by atomic mass is 79.9. The summed E-state index contributed by atoms with van der Waals surface area (Å²) in [5.41, 5.74) is 2.50. The summed E-state index contributed by atoms with van der Waals surface area (Å²) >= 11 is 6.80. The van der Waals surface area contributed by atoms with Crippen LogP contribution in [-0.4, -0.2) is 22.9 Å². The third-order valence-electron chi connectivity index (χ3n) is 4.24. The van der Waals surface area contributed by atoms with Crippen molar-refractivity contribution in [1.82, 2.24) is 4.57 Å². The summed E-state index contributed by atoms with van der Waals surface area (Å²) in [5, 5.41) is 1.23. The number of aryl methyl sites for hydroxylation is 1. The van der Waals surface area contributed by atoms with Gasteiger partial charge >= 0.3 is 0 Å². The van der Waals surface area contributed by atoms with Crippen molar-refractivity contribution in [3.05, 3.63) is 44.7 Å². The van der Waals surface area contributed by atoms with Crippen LogP contribution in [-0.2, 0) is 11.8 Å². The zero-order valence-electron chi connectivity index (χ0n) is 12.8. The van der Waals surface area contributed by atoms with E-state index in [1.54, 1.807) is 23.5 Å². The molecule has 0 bridgehead atoms. The molecule has 2 aromatic rings. The second kappa shape index (κ2) is 6.46. The third kappa shape index (κ3) is 3.03. The number of fused-ring (bicyclic) bond motifs is 1. The van der Waals surface area contributed by atoms with Gasteiger partial charge in [-0.3, -0.25) is 4.79 Å². The van der Waals surface area contributed by atoms with Crippen molar-refractivity contribution < 1.29 is 4.79 Å². The monoisotopic (exact) mass is 395 g/mol. The molecule has 1 aliphatic carbocycles. The summed E-state index contributed by atoms with van der Waals surface area (Å²) in [7, 11) is 2.09. The highest BCUT2D eigenvalue weighted by Gasteiger charge is 2.44. The van der Waals surface area contributed by atoms with Crippen LogP contribution >= 0.6 is 39.5 Å². The third-order valence-corrected chi connectivity index (χ3v) is 6.77. The van der Waals surface area contributed by atoms with Crippen molar-refractivity contribution in [3.8, 4) is 0 Å². The molecule has 1 fully saturated rings. The second-order valence-corrected chi connectivity index (χ2v) is 8.42. The lowest BCUT2D eigenvalue weighted by molar-refractivity contribution is -0.115. The number of carbonyl (C=O) groups excluding carboxylic acids is 1. The number of allylic oxidation sites excluding steroid dienone is 1. The molecule has 1 heterocycles. The van der Waals surface area contributed by atoms with Crippen molar-refractivity contribution >= 4 is 56.1 Å². The molecule has 1 aromatic heterocycles. The van der Waals surface area contributed by atoms with Crippen LogP contribution in [0.2, 0.25) is 0 Å². The number of halogens is 1. The molecular formula is C17H18BrNOS2. The molecule has 1 aliphatic rings. The molecule has 0 saturated heterocycles. The number of nitrogens with zero attached hydrogens (tertiary/aromatic N) is 1. The Morgan fingerprint density at radius 1 is 1.32 bits per heavy atom. The molecule has 0 N–H and O–H groups in total. The first-order valence-electron chi connectivity index (χ1n) is 7.13. The van der Waals surface area contributed by atoms with Gasteiger partial charge in [-0.25, -0.2) is 0 Å². The van der Waals surface area contributed by atoms with E-state index in [2.05, 4.69) is 51.8 Å². The molecule has 2 nitrogen and oxygen atoms in total. The molecule has 0 spiro atoms. The Morgan fingerprint density at radius 3 is 2.73 bits per heavy atom. The summed E-state index contributed by atoms with van der Waals surface area (Å²) in [6, 6.07) is 8.55. The summed E-state index contributed by atoms with van der Waals surface area (Å²) in [5.74, 6) is 0.792. The normalized spacial score (nSPS) is 20.2. The number of hydrogen-bond donors (Lipinski definition) is 0. The highest BCUT2D eigenvalue weighted by Crippen LogP contribution is 2.49. The first kappa shape index (κ1) is 16.2.